The molecule has 0 atom stereocenters. The molecule has 2 heterocycles. The number of hydrogen-bond donors (Lipinski definition) is 0. The second-order valence-electron chi connectivity index (χ2n) is 4.52. The number of aromatic nitrogens is 1. The minimum absolute atomic E-state index is 0.442. The van der Waals surface area contributed by atoms with Crippen LogP contribution < -0.4 is 4.90 Å². The molecule has 5 heteroatoms. The summed E-state index contributed by atoms with van der Waals surface area (Å²) >= 11 is 3.32. The van der Waals surface area contributed by atoms with Gasteiger partial charge in [0.1, 0.15) is 0 Å². The number of ketones is 1. The molecule has 0 saturated heterocycles. The van der Waals surface area contributed by atoms with E-state index in [1.165, 1.54) is 4.90 Å². The minimum atomic E-state index is -0.464. The lowest BCUT2D eigenvalue weighted by atomic mass is 10.1. The molecule has 1 amide bonds. The quantitative estimate of drug-likeness (QED) is 0.813. The SMILES string of the molecule is O=C1C(=O)N(CCc2ccccn2)c2ccc(Br)cc21. The summed E-state index contributed by atoms with van der Waals surface area (Å²) in [5, 5.41) is 0. The van der Waals surface area contributed by atoms with E-state index in [0.717, 1.165) is 10.2 Å². The second kappa shape index (κ2) is 5.17. The number of fused-ring (bicyclic) bond motifs is 1. The number of hydrogen-bond acceptors (Lipinski definition) is 3. The van der Waals surface area contributed by atoms with Gasteiger partial charge >= 0.3 is 0 Å². The van der Waals surface area contributed by atoms with Gasteiger partial charge in [0.15, 0.2) is 0 Å². The number of nitrogens with zero attached hydrogens (tertiary/aromatic N) is 2. The number of halogens is 1. The summed E-state index contributed by atoms with van der Waals surface area (Å²) in [5.74, 6) is -0.906. The molecule has 1 aliphatic heterocycles. The molecule has 3 rings (SSSR count). The molecule has 0 radical (unpaired) electrons. The van der Waals surface area contributed by atoms with Crippen molar-refractivity contribution in [2.24, 2.45) is 0 Å². The zero-order valence-corrected chi connectivity index (χ0v) is 12.1. The Bertz CT molecular complexity index is 686. The Morgan fingerprint density at radius 3 is 2.75 bits per heavy atom. The zero-order chi connectivity index (χ0) is 14.1. The standard InChI is InChI=1S/C15H11BrN2O2/c16-10-4-5-13-12(9-10)14(19)15(20)18(13)8-6-11-3-1-2-7-17-11/h1-5,7,9H,6,8H2. The van der Waals surface area contributed by atoms with Crippen LogP contribution >= 0.6 is 15.9 Å². The van der Waals surface area contributed by atoms with Gasteiger partial charge in [-0.15, -0.1) is 0 Å². The molecule has 1 aromatic heterocycles. The van der Waals surface area contributed by atoms with Gasteiger partial charge in [0, 0.05) is 29.3 Å². The van der Waals surface area contributed by atoms with Crippen molar-refractivity contribution < 1.29 is 9.59 Å². The maximum atomic E-state index is 12.0. The Morgan fingerprint density at radius 1 is 1.15 bits per heavy atom. The van der Waals surface area contributed by atoms with E-state index in [-0.39, 0.29) is 0 Å². The number of rotatable bonds is 3. The van der Waals surface area contributed by atoms with Crippen molar-refractivity contribution in [1.29, 1.82) is 0 Å². The van der Waals surface area contributed by atoms with E-state index in [1.54, 1.807) is 18.3 Å². The van der Waals surface area contributed by atoms with Gasteiger partial charge in [-0.1, -0.05) is 22.0 Å². The minimum Gasteiger partial charge on any atom is -0.304 e. The van der Waals surface area contributed by atoms with Gasteiger partial charge in [-0.05, 0) is 30.3 Å². The first kappa shape index (κ1) is 13.0. The van der Waals surface area contributed by atoms with Crippen LogP contribution in [-0.4, -0.2) is 23.2 Å². The highest BCUT2D eigenvalue weighted by Gasteiger charge is 2.35. The molecule has 0 aliphatic carbocycles. The maximum absolute atomic E-state index is 12.0. The largest absolute Gasteiger partial charge is 0.304 e. The van der Waals surface area contributed by atoms with E-state index in [0.29, 0.717) is 24.2 Å². The molecule has 1 aromatic carbocycles. The van der Waals surface area contributed by atoms with E-state index >= 15 is 0 Å². The highest BCUT2D eigenvalue weighted by atomic mass is 79.9. The van der Waals surface area contributed by atoms with E-state index in [9.17, 15) is 9.59 Å². The predicted octanol–water partition coefficient (Wildman–Crippen LogP) is 2.62. The third-order valence-corrected chi connectivity index (χ3v) is 3.74. The monoisotopic (exact) mass is 330 g/mol. The summed E-state index contributed by atoms with van der Waals surface area (Å²) in [4.78, 5) is 29.7. The summed E-state index contributed by atoms with van der Waals surface area (Å²) in [7, 11) is 0. The van der Waals surface area contributed by atoms with Crippen molar-refractivity contribution in [2.75, 3.05) is 11.4 Å². The molecule has 4 nitrogen and oxygen atoms in total. The Labute approximate surface area is 124 Å². The van der Waals surface area contributed by atoms with Crippen LogP contribution in [0.1, 0.15) is 16.1 Å². The zero-order valence-electron chi connectivity index (χ0n) is 10.5. The van der Waals surface area contributed by atoms with Gasteiger partial charge in [-0.3, -0.25) is 14.6 Å². The van der Waals surface area contributed by atoms with Crippen LogP contribution in [0.4, 0.5) is 5.69 Å². The topological polar surface area (TPSA) is 50.3 Å². The molecule has 0 N–H and O–H groups in total. The first-order valence-electron chi connectivity index (χ1n) is 6.22. The number of pyridine rings is 1. The molecule has 20 heavy (non-hydrogen) atoms. The third-order valence-electron chi connectivity index (χ3n) is 3.25. The maximum Gasteiger partial charge on any atom is 0.299 e. The van der Waals surface area contributed by atoms with Crippen molar-refractivity contribution in [3.05, 3.63) is 58.3 Å². The molecule has 2 aromatic rings. The lowest BCUT2D eigenvalue weighted by Gasteiger charge is -2.16. The van der Waals surface area contributed by atoms with Gasteiger partial charge in [0.05, 0.1) is 11.3 Å². The van der Waals surface area contributed by atoms with Crippen molar-refractivity contribution in [3.8, 4) is 0 Å². The van der Waals surface area contributed by atoms with Crippen molar-refractivity contribution in [2.45, 2.75) is 6.42 Å². The molecule has 0 saturated carbocycles. The molecule has 0 unspecified atom stereocenters. The summed E-state index contributed by atoms with van der Waals surface area (Å²) in [6, 6.07) is 11.0. The van der Waals surface area contributed by atoms with Gasteiger partial charge < -0.3 is 4.90 Å². The molecule has 0 bridgehead atoms. The lowest BCUT2D eigenvalue weighted by Crippen LogP contribution is -2.31. The third kappa shape index (κ3) is 2.25. The first-order chi connectivity index (χ1) is 9.66. The van der Waals surface area contributed by atoms with E-state index in [1.807, 2.05) is 24.3 Å². The fourth-order valence-corrected chi connectivity index (χ4v) is 2.63. The normalized spacial score (nSPS) is 13.8. The molecule has 0 spiro atoms. The van der Waals surface area contributed by atoms with Crippen LogP contribution in [0.3, 0.4) is 0 Å². The number of amides is 1. The average molecular weight is 331 g/mol. The molecule has 0 fully saturated rings. The van der Waals surface area contributed by atoms with E-state index in [2.05, 4.69) is 20.9 Å². The summed E-state index contributed by atoms with van der Waals surface area (Å²) in [6.07, 6.45) is 2.34. The fraction of sp³-hybridized carbons (Fsp3) is 0.133. The number of benzene rings is 1. The van der Waals surface area contributed by atoms with E-state index in [4.69, 9.17) is 0 Å². The molecule has 100 valence electrons. The summed E-state index contributed by atoms with van der Waals surface area (Å²) < 4.78 is 0.795. The molecule has 1 aliphatic rings. The first-order valence-corrected chi connectivity index (χ1v) is 7.02. The number of Topliss-reactive ketones (excluding diaryl/α,β-unsaturated/α-hetero) is 1. The van der Waals surface area contributed by atoms with Gasteiger partial charge in [0.25, 0.3) is 11.7 Å². The van der Waals surface area contributed by atoms with Crippen LogP contribution in [0.25, 0.3) is 0 Å². The highest BCUT2D eigenvalue weighted by Crippen LogP contribution is 2.31. The smallest absolute Gasteiger partial charge is 0.299 e. The predicted molar refractivity (Wildman–Crippen MR) is 78.8 cm³/mol. The molecular formula is C15H11BrN2O2. The fourth-order valence-electron chi connectivity index (χ4n) is 2.27. The Hall–Kier alpha value is -2.01. The van der Waals surface area contributed by atoms with Crippen molar-refractivity contribution >= 4 is 33.3 Å². The second-order valence-corrected chi connectivity index (χ2v) is 5.43. The van der Waals surface area contributed by atoms with Crippen LogP contribution in [-0.2, 0) is 11.2 Å². The lowest BCUT2D eigenvalue weighted by molar-refractivity contribution is -0.114. The average Bonchev–Trinajstić information content (AvgIpc) is 2.70. The van der Waals surface area contributed by atoms with Crippen molar-refractivity contribution in [3.63, 3.8) is 0 Å². The highest BCUT2D eigenvalue weighted by molar-refractivity contribution is 9.10. The Morgan fingerprint density at radius 2 is 2.00 bits per heavy atom. The van der Waals surface area contributed by atoms with Gasteiger partial charge in [-0.2, -0.15) is 0 Å². The van der Waals surface area contributed by atoms with Crippen LogP contribution in [0, 0.1) is 0 Å². The van der Waals surface area contributed by atoms with Crippen molar-refractivity contribution in [1.82, 2.24) is 4.98 Å². The number of carbonyl (C=O) groups excluding carboxylic acids is 2. The van der Waals surface area contributed by atoms with Gasteiger partial charge in [-0.25, -0.2) is 0 Å². The van der Waals surface area contributed by atoms with Crippen LogP contribution in [0.15, 0.2) is 47.1 Å². The summed E-state index contributed by atoms with van der Waals surface area (Å²) in [5.41, 5.74) is 2.04. The molecular weight excluding hydrogens is 320 g/mol. The van der Waals surface area contributed by atoms with Crippen LogP contribution in [0.2, 0.25) is 0 Å². The van der Waals surface area contributed by atoms with E-state index < -0.39 is 11.7 Å². The summed E-state index contributed by atoms with van der Waals surface area (Å²) in [6.45, 7) is 0.455. The van der Waals surface area contributed by atoms with Crippen LogP contribution in [0.5, 0.6) is 0 Å². The number of anilines is 1. The van der Waals surface area contributed by atoms with Gasteiger partial charge in [0.2, 0.25) is 0 Å². The number of carbonyl (C=O) groups is 2. The Balaban J connectivity index is 1.84. The Kier molecular flexibility index (Phi) is 3.36.